The van der Waals surface area contributed by atoms with Crippen molar-refractivity contribution in [2.75, 3.05) is 18.8 Å². The zero-order chi connectivity index (χ0) is 14.9. The fourth-order valence-electron chi connectivity index (χ4n) is 2.05. The third kappa shape index (κ3) is 3.21. The normalized spacial score (nSPS) is 17.9. The Hall–Kier alpha value is -1.34. The van der Waals surface area contributed by atoms with Crippen LogP contribution in [0.1, 0.15) is 24.2 Å². The summed E-state index contributed by atoms with van der Waals surface area (Å²) in [5.41, 5.74) is -0.146. The van der Waals surface area contributed by atoms with Crippen molar-refractivity contribution in [3.8, 4) is 0 Å². The number of hydrogen-bond donors (Lipinski definition) is 0. The predicted molar refractivity (Wildman–Crippen MR) is 78.3 cm³/mol. The molecular weight excluding hydrogens is 302 g/mol. The van der Waals surface area contributed by atoms with Gasteiger partial charge in [0.05, 0.1) is 10.5 Å². The van der Waals surface area contributed by atoms with Crippen LogP contribution in [0.15, 0.2) is 12.3 Å². The Balaban J connectivity index is 2.29. The lowest BCUT2D eigenvalue weighted by molar-refractivity contribution is -0.385. The summed E-state index contributed by atoms with van der Waals surface area (Å²) in [6, 6.07) is 1.19. The summed E-state index contributed by atoms with van der Waals surface area (Å²) in [7, 11) is 0. The van der Waals surface area contributed by atoms with Gasteiger partial charge in [-0.05, 0) is 13.8 Å². The molecule has 1 aliphatic rings. The Morgan fingerprint density at radius 1 is 1.60 bits per heavy atom. The first-order valence-electron chi connectivity index (χ1n) is 6.03. The van der Waals surface area contributed by atoms with E-state index in [0.717, 1.165) is 11.9 Å². The molecule has 0 aromatic carbocycles. The molecule has 20 heavy (non-hydrogen) atoms. The smallest absolute Gasteiger partial charge is 0.288 e. The van der Waals surface area contributed by atoms with Gasteiger partial charge in [-0.25, -0.2) is 4.98 Å². The van der Waals surface area contributed by atoms with Gasteiger partial charge in [-0.2, -0.15) is 11.8 Å². The van der Waals surface area contributed by atoms with Gasteiger partial charge in [0.25, 0.3) is 11.6 Å². The summed E-state index contributed by atoms with van der Waals surface area (Å²) in [5, 5.41) is 10.8. The highest BCUT2D eigenvalue weighted by atomic mass is 35.5. The summed E-state index contributed by atoms with van der Waals surface area (Å²) in [5.74, 6) is 0.526. The molecule has 0 atom stereocenters. The second-order valence-corrected chi connectivity index (χ2v) is 7.28. The number of hydrogen-bond acceptors (Lipinski definition) is 5. The molecular formula is C12H14ClN3O3S. The van der Waals surface area contributed by atoms with Gasteiger partial charge < -0.3 is 4.90 Å². The number of thioether (sulfide) groups is 1. The van der Waals surface area contributed by atoms with Crippen LogP contribution in [-0.2, 0) is 0 Å². The Bertz CT molecular complexity index is 565. The number of carbonyl (C=O) groups is 1. The summed E-state index contributed by atoms with van der Waals surface area (Å²) in [6.07, 6.45) is 1.05. The van der Waals surface area contributed by atoms with Gasteiger partial charge in [0.1, 0.15) is 11.3 Å². The van der Waals surface area contributed by atoms with Crippen molar-refractivity contribution in [2.24, 2.45) is 0 Å². The van der Waals surface area contributed by atoms with E-state index in [-0.39, 0.29) is 27.1 Å². The van der Waals surface area contributed by atoms with Gasteiger partial charge in [-0.3, -0.25) is 14.9 Å². The van der Waals surface area contributed by atoms with Crippen molar-refractivity contribution in [3.05, 3.63) is 33.1 Å². The lowest BCUT2D eigenvalue weighted by atomic mass is 10.1. The Labute approximate surface area is 125 Å². The first-order chi connectivity index (χ1) is 9.30. The summed E-state index contributed by atoms with van der Waals surface area (Å²) in [4.78, 5) is 28.0. The molecule has 0 unspecified atom stereocenters. The van der Waals surface area contributed by atoms with E-state index in [0.29, 0.717) is 13.1 Å². The van der Waals surface area contributed by atoms with Gasteiger partial charge >= 0.3 is 0 Å². The molecule has 108 valence electrons. The summed E-state index contributed by atoms with van der Waals surface area (Å²) < 4.78 is -0.0332. The zero-order valence-corrected chi connectivity index (χ0v) is 12.7. The molecule has 1 aromatic heterocycles. The summed E-state index contributed by atoms with van der Waals surface area (Å²) >= 11 is 7.70. The Morgan fingerprint density at radius 2 is 2.30 bits per heavy atom. The van der Waals surface area contributed by atoms with E-state index in [4.69, 9.17) is 11.6 Å². The van der Waals surface area contributed by atoms with E-state index in [1.54, 1.807) is 16.7 Å². The van der Waals surface area contributed by atoms with Crippen molar-refractivity contribution >= 4 is 35.0 Å². The molecule has 0 aliphatic carbocycles. The fraction of sp³-hybridized carbons (Fsp3) is 0.500. The molecule has 0 bridgehead atoms. The number of nitro groups is 1. The lowest BCUT2D eigenvalue weighted by Gasteiger charge is -2.37. The second kappa shape index (κ2) is 5.57. The third-order valence-corrected chi connectivity index (χ3v) is 4.58. The Morgan fingerprint density at radius 3 is 2.90 bits per heavy atom. The SMILES string of the molecule is CC1(C)CN(C(=O)c2cc([N+](=O)[O-])cnc2Cl)CCS1. The number of carbonyl (C=O) groups excluding carboxylic acids is 1. The summed E-state index contributed by atoms with van der Waals surface area (Å²) in [6.45, 7) is 5.30. The van der Waals surface area contributed by atoms with Crippen LogP contribution < -0.4 is 0 Å². The number of rotatable bonds is 2. The van der Waals surface area contributed by atoms with Crippen molar-refractivity contribution in [1.82, 2.24) is 9.88 Å². The van der Waals surface area contributed by atoms with Gasteiger partial charge in [-0.15, -0.1) is 0 Å². The quantitative estimate of drug-likeness (QED) is 0.476. The molecule has 1 amide bonds. The van der Waals surface area contributed by atoms with Gasteiger partial charge in [0, 0.05) is 29.7 Å². The molecule has 8 heteroatoms. The number of amides is 1. The van der Waals surface area contributed by atoms with Crippen LogP contribution in [0.2, 0.25) is 5.15 Å². The minimum Gasteiger partial charge on any atom is -0.336 e. The van der Waals surface area contributed by atoms with E-state index in [1.807, 2.05) is 0 Å². The fourth-order valence-corrected chi connectivity index (χ4v) is 3.34. The highest BCUT2D eigenvalue weighted by Gasteiger charge is 2.31. The lowest BCUT2D eigenvalue weighted by Crippen LogP contribution is -2.46. The second-order valence-electron chi connectivity index (χ2n) is 5.12. The maximum Gasteiger partial charge on any atom is 0.288 e. The van der Waals surface area contributed by atoms with Crippen molar-refractivity contribution < 1.29 is 9.72 Å². The number of aromatic nitrogens is 1. The molecule has 1 aromatic rings. The van der Waals surface area contributed by atoms with Crippen LogP contribution >= 0.6 is 23.4 Å². The van der Waals surface area contributed by atoms with Gasteiger partial charge in [0.2, 0.25) is 0 Å². The molecule has 1 aliphatic heterocycles. The molecule has 1 saturated heterocycles. The number of pyridine rings is 1. The molecule has 6 nitrogen and oxygen atoms in total. The zero-order valence-electron chi connectivity index (χ0n) is 11.1. The van der Waals surface area contributed by atoms with Crippen molar-refractivity contribution in [1.29, 1.82) is 0 Å². The van der Waals surface area contributed by atoms with Crippen LogP contribution in [0, 0.1) is 10.1 Å². The van der Waals surface area contributed by atoms with E-state index in [9.17, 15) is 14.9 Å². The maximum absolute atomic E-state index is 12.5. The minimum atomic E-state index is -0.587. The standard InChI is InChI=1S/C12H14ClN3O3S/c1-12(2)7-15(3-4-20-12)11(17)9-5-8(16(18)19)6-14-10(9)13/h5-6H,3-4,7H2,1-2H3. The van der Waals surface area contributed by atoms with Gasteiger partial charge in [-0.1, -0.05) is 11.6 Å². The molecule has 0 N–H and O–H groups in total. The predicted octanol–water partition coefficient (Wildman–Crippen LogP) is 2.61. The monoisotopic (exact) mass is 315 g/mol. The van der Waals surface area contributed by atoms with Crippen molar-refractivity contribution in [2.45, 2.75) is 18.6 Å². The minimum absolute atomic E-state index is 0.00312. The number of halogens is 1. The largest absolute Gasteiger partial charge is 0.336 e. The van der Waals surface area contributed by atoms with Gasteiger partial charge in [0.15, 0.2) is 0 Å². The van der Waals surface area contributed by atoms with E-state index in [1.165, 1.54) is 6.07 Å². The third-order valence-electron chi connectivity index (χ3n) is 2.98. The molecule has 0 saturated carbocycles. The average Bonchev–Trinajstić information content (AvgIpc) is 2.37. The topological polar surface area (TPSA) is 76.3 Å². The van der Waals surface area contributed by atoms with Crippen molar-refractivity contribution in [3.63, 3.8) is 0 Å². The first kappa shape index (κ1) is 15.1. The molecule has 0 spiro atoms. The molecule has 2 rings (SSSR count). The van der Waals surface area contributed by atoms with Crippen LogP contribution in [0.5, 0.6) is 0 Å². The van der Waals surface area contributed by atoms with Crippen LogP contribution in [-0.4, -0.2) is 44.3 Å². The van der Waals surface area contributed by atoms with Crippen LogP contribution in [0.3, 0.4) is 0 Å². The van der Waals surface area contributed by atoms with Crippen LogP contribution in [0.25, 0.3) is 0 Å². The highest BCUT2D eigenvalue weighted by molar-refractivity contribution is 8.00. The first-order valence-corrected chi connectivity index (χ1v) is 7.40. The van der Waals surface area contributed by atoms with E-state index in [2.05, 4.69) is 18.8 Å². The van der Waals surface area contributed by atoms with Crippen LogP contribution in [0.4, 0.5) is 5.69 Å². The molecule has 1 fully saturated rings. The Kier molecular flexibility index (Phi) is 4.19. The average molecular weight is 316 g/mol. The highest BCUT2D eigenvalue weighted by Crippen LogP contribution is 2.31. The molecule has 2 heterocycles. The maximum atomic E-state index is 12.5. The van der Waals surface area contributed by atoms with E-state index >= 15 is 0 Å². The van der Waals surface area contributed by atoms with E-state index < -0.39 is 4.92 Å². The number of nitrogens with zero attached hydrogens (tertiary/aromatic N) is 3. The molecule has 0 radical (unpaired) electrons.